The zero-order chi connectivity index (χ0) is 20.4. The number of rotatable bonds is 5. The van der Waals surface area contributed by atoms with Crippen LogP contribution in [0.3, 0.4) is 0 Å². The van der Waals surface area contributed by atoms with E-state index in [1.807, 2.05) is 0 Å². The Kier molecular flexibility index (Phi) is 7.96. The molecule has 0 bridgehead atoms. The first-order chi connectivity index (χ1) is 13.4. The van der Waals surface area contributed by atoms with Crippen molar-refractivity contribution in [3.8, 4) is 0 Å². The SMILES string of the molecule is CC(c1ccccc1)(c1ccccc1)C1CCCCN1.O=C(O)/C=C\C(=O)O. The summed E-state index contributed by atoms with van der Waals surface area (Å²) in [5.41, 5.74) is 2.86. The summed E-state index contributed by atoms with van der Waals surface area (Å²) in [5.74, 6) is -2.51. The molecule has 0 spiro atoms. The molecule has 1 saturated heterocycles. The molecule has 1 aliphatic rings. The minimum atomic E-state index is -1.26. The lowest BCUT2D eigenvalue weighted by molar-refractivity contribution is -0.134. The van der Waals surface area contributed by atoms with Gasteiger partial charge in [0.2, 0.25) is 0 Å². The van der Waals surface area contributed by atoms with E-state index in [1.165, 1.54) is 30.4 Å². The third-order valence-electron chi connectivity index (χ3n) is 5.12. The van der Waals surface area contributed by atoms with Crippen molar-refractivity contribution in [2.45, 2.75) is 37.6 Å². The summed E-state index contributed by atoms with van der Waals surface area (Å²) in [6, 6.07) is 22.4. The third kappa shape index (κ3) is 5.79. The Morgan fingerprint density at radius 3 is 1.71 bits per heavy atom. The summed E-state index contributed by atoms with van der Waals surface area (Å²) in [7, 11) is 0. The normalized spacial score (nSPS) is 16.8. The van der Waals surface area contributed by atoms with Crippen molar-refractivity contribution in [1.29, 1.82) is 0 Å². The van der Waals surface area contributed by atoms with Crippen molar-refractivity contribution in [3.05, 3.63) is 83.9 Å². The van der Waals surface area contributed by atoms with Crippen LogP contribution in [-0.2, 0) is 15.0 Å². The number of piperidine rings is 1. The van der Waals surface area contributed by atoms with E-state index in [9.17, 15) is 9.59 Å². The Hall–Kier alpha value is -2.92. The van der Waals surface area contributed by atoms with Crippen LogP contribution >= 0.6 is 0 Å². The van der Waals surface area contributed by atoms with Gasteiger partial charge in [0.1, 0.15) is 0 Å². The van der Waals surface area contributed by atoms with Crippen LogP contribution < -0.4 is 5.32 Å². The lowest BCUT2D eigenvalue weighted by Gasteiger charge is -2.41. The van der Waals surface area contributed by atoms with E-state index in [0.717, 1.165) is 6.54 Å². The summed E-state index contributed by atoms with van der Waals surface area (Å²) in [6.07, 6.45) is 4.99. The molecule has 148 valence electrons. The molecule has 1 heterocycles. The fraction of sp³-hybridized carbons (Fsp3) is 0.304. The second-order valence-electron chi connectivity index (χ2n) is 6.95. The van der Waals surface area contributed by atoms with Crippen molar-refractivity contribution in [3.63, 3.8) is 0 Å². The Morgan fingerprint density at radius 1 is 0.893 bits per heavy atom. The largest absolute Gasteiger partial charge is 0.478 e. The van der Waals surface area contributed by atoms with E-state index in [1.54, 1.807) is 0 Å². The minimum absolute atomic E-state index is 0.0446. The van der Waals surface area contributed by atoms with Crippen molar-refractivity contribution in [2.24, 2.45) is 0 Å². The maximum atomic E-state index is 9.55. The topological polar surface area (TPSA) is 86.6 Å². The van der Waals surface area contributed by atoms with Gasteiger partial charge >= 0.3 is 11.9 Å². The van der Waals surface area contributed by atoms with E-state index < -0.39 is 11.9 Å². The molecule has 1 unspecified atom stereocenters. The number of aliphatic carboxylic acids is 2. The second-order valence-corrected chi connectivity index (χ2v) is 6.95. The number of nitrogens with one attached hydrogen (secondary N) is 1. The lowest BCUT2D eigenvalue weighted by Crippen LogP contribution is -2.49. The van der Waals surface area contributed by atoms with Gasteiger partial charge in [0, 0.05) is 23.6 Å². The molecule has 0 saturated carbocycles. The van der Waals surface area contributed by atoms with Gasteiger partial charge in [-0.2, -0.15) is 0 Å². The smallest absolute Gasteiger partial charge is 0.328 e. The Morgan fingerprint density at radius 2 is 1.36 bits per heavy atom. The van der Waals surface area contributed by atoms with Gasteiger partial charge in [-0.15, -0.1) is 0 Å². The molecule has 1 atom stereocenters. The molecule has 5 heteroatoms. The number of hydrogen-bond acceptors (Lipinski definition) is 3. The molecule has 0 radical (unpaired) electrons. The van der Waals surface area contributed by atoms with Crippen LogP contribution in [0.15, 0.2) is 72.8 Å². The van der Waals surface area contributed by atoms with Gasteiger partial charge in [-0.3, -0.25) is 0 Å². The molecular weight excluding hydrogens is 354 g/mol. The molecule has 1 fully saturated rings. The molecule has 28 heavy (non-hydrogen) atoms. The quantitative estimate of drug-likeness (QED) is 0.685. The second kappa shape index (κ2) is 10.4. The molecule has 0 amide bonds. The number of carboxylic acid groups (broad SMARTS) is 2. The molecule has 3 rings (SSSR count). The molecule has 0 aliphatic carbocycles. The number of carbonyl (C=O) groups is 2. The first kappa shape index (κ1) is 21.4. The molecule has 2 aromatic carbocycles. The van der Waals surface area contributed by atoms with Crippen LogP contribution in [0.2, 0.25) is 0 Å². The van der Waals surface area contributed by atoms with Gasteiger partial charge in [-0.1, -0.05) is 67.1 Å². The highest BCUT2D eigenvalue weighted by molar-refractivity contribution is 5.89. The van der Waals surface area contributed by atoms with Crippen molar-refractivity contribution >= 4 is 11.9 Å². The van der Waals surface area contributed by atoms with E-state index in [0.29, 0.717) is 18.2 Å². The molecule has 0 aromatic heterocycles. The highest BCUT2D eigenvalue weighted by atomic mass is 16.4. The van der Waals surface area contributed by atoms with Crippen molar-refractivity contribution in [1.82, 2.24) is 5.32 Å². The fourth-order valence-electron chi connectivity index (χ4n) is 3.62. The van der Waals surface area contributed by atoms with Crippen LogP contribution in [-0.4, -0.2) is 34.7 Å². The predicted octanol–water partition coefficient (Wildman–Crippen LogP) is 3.85. The highest BCUT2D eigenvalue weighted by Crippen LogP contribution is 2.38. The summed E-state index contributed by atoms with van der Waals surface area (Å²) in [5, 5.41) is 19.4. The maximum Gasteiger partial charge on any atom is 0.328 e. The zero-order valence-corrected chi connectivity index (χ0v) is 16.0. The number of hydrogen-bond donors (Lipinski definition) is 3. The van der Waals surface area contributed by atoms with Crippen LogP contribution in [0, 0.1) is 0 Å². The van der Waals surface area contributed by atoms with E-state index in [4.69, 9.17) is 10.2 Å². The lowest BCUT2D eigenvalue weighted by atomic mass is 9.68. The van der Waals surface area contributed by atoms with E-state index in [-0.39, 0.29) is 5.41 Å². The molecule has 3 N–H and O–H groups in total. The summed E-state index contributed by atoms with van der Waals surface area (Å²) < 4.78 is 0. The Balaban J connectivity index is 0.000000300. The van der Waals surface area contributed by atoms with Gasteiger partial charge in [-0.25, -0.2) is 9.59 Å². The standard InChI is InChI=1S/C19H23N.C4H4O4/c1-19(16-10-4-2-5-11-16,17-12-6-3-7-13-17)18-14-8-9-15-20-18;5-3(6)1-2-4(7)8/h2-7,10-13,18,20H,8-9,14-15H2,1H3;1-2H,(H,5,6)(H,7,8)/b;2-1-. The van der Waals surface area contributed by atoms with Crippen LogP contribution in [0.25, 0.3) is 0 Å². The van der Waals surface area contributed by atoms with Crippen molar-refractivity contribution in [2.75, 3.05) is 6.54 Å². The van der Waals surface area contributed by atoms with Gasteiger partial charge in [0.25, 0.3) is 0 Å². The molecular formula is C23H27NO4. The molecule has 2 aromatic rings. The molecule has 5 nitrogen and oxygen atoms in total. The van der Waals surface area contributed by atoms with Crippen molar-refractivity contribution < 1.29 is 19.8 Å². The van der Waals surface area contributed by atoms with Gasteiger partial charge in [0.05, 0.1) is 0 Å². The number of benzene rings is 2. The third-order valence-corrected chi connectivity index (χ3v) is 5.12. The average molecular weight is 381 g/mol. The highest BCUT2D eigenvalue weighted by Gasteiger charge is 2.37. The Labute approximate surface area is 165 Å². The summed E-state index contributed by atoms with van der Waals surface area (Å²) in [6.45, 7) is 3.53. The number of carboxylic acids is 2. The summed E-state index contributed by atoms with van der Waals surface area (Å²) in [4.78, 5) is 19.1. The monoisotopic (exact) mass is 381 g/mol. The van der Waals surface area contributed by atoms with Crippen LogP contribution in [0.1, 0.15) is 37.3 Å². The predicted molar refractivity (Wildman–Crippen MR) is 109 cm³/mol. The van der Waals surface area contributed by atoms with Gasteiger partial charge in [0.15, 0.2) is 0 Å². The first-order valence-electron chi connectivity index (χ1n) is 9.43. The zero-order valence-electron chi connectivity index (χ0n) is 16.0. The Bertz CT molecular complexity index is 725. The fourth-order valence-corrected chi connectivity index (χ4v) is 3.62. The van der Waals surface area contributed by atoms with Crippen LogP contribution in [0.5, 0.6) is 0 Å². The minimum Gasteiger partial charge on any atom is -0.478 e. The van der Waals surface area contributed by atoms with Gasteiger partial charge in [-0.05, 0) is 37.4 Å². The summed E-state index contributed by atoms with van der Waals surface area (Å²) >= 11 is 0. The van der Waals surface area contributed by atoms with E-state index in [2.05, 4.69) is 72.9 Å². The van der Waals surface area contributed by atoms with E-state index >= 15 is 0 Å². The average Bonchev–Trinajstić information content (AvgIpc) is 2.74. The maximum absolute atomic E-state index is 9.55. The van der Waals surface area contributed by atoms with Crippen LogP contribution in [0.4, 0.5) is 0 Å². The first-order valence-corrected chi connectivity index (χ1v) is 9.43. The van der Waals surface area contributed by atoms with Gasteiger partial charge < -0.3 is 15.5 Å². The molecule has 1 aliphatic heterocycles.